The Balaban J connectivity index is 1.89. The fraction of sp³-hybridized carbons (Fsp3) is 0.684. The molecule has 4 unspecified atom stereocenters. The molecule has 1 aromatic rings. The van der Waals surface area contributed by atoms with Crippen LogP contribution in [0.2, 0.25) is 0 Å². The Hall–Kier alpha value is -1.02. The predicted molar refractivity (Wildman–Crippen MR) is 87.6 cm³/mol. The highest BCUT2D eigenvalue weighted by Gasteiger charge is 2.47. The fourth-order valence-corrected chi connectivity index (χ4v) is 4.21. The van der Waals surface area contributed by atoms with Gasteiger partial charge in [0.15, 0.2) is 0 Å². The van der Waals surface area contributed by atoms with Crippen molar-refractivity contribution in [3.63, 3.8) is 0 Å². The fourth-order valence-electron chi connectivity index (χ4n) is 4.21. The molecule has 0 saturated heterocycles. The molecule has 0 radical (unpaired) electrons. The Kier molecular flexibility index (Phi) is 4.26. The first-order chi connectivity index (χ1) is 10.1. The van der Waals surface area contributed by atoms with Gasteiger partial charge in [0.2, 0.25) is 0 Å². The van der Waals surface area contributed by atoms with Gasteiger partial charge < -0.3 is 10.1 Å². The minimum absolute atomic E-state index is 0.0479. The van der Waals surface area contributed by atoms with Crippen molar-refractivity contribution < 1.29 is 4.74 Å². The molecule has 1 N–H and O–H groups in total. The largest absolute Gasteiger partial charge is 0.487 e. The van der Waals surface area contributed by atoms with Gasteiger partial charge >= 0.3 is 0 Å². The highest BCUT2D eigenvalue weighted by Crippen LogP contribution is 2.49. The minimum atomic E-state index is 0.0479. The first-order valence-electron chi connectivity index (χ1n) is 8.66. The normalized spacial score (nSPS) is 35.3. The van der Waals surface area contributed by atoms with E-state index in [2.05, 4.69) is 50.4 Å². The van der Waals surface area contributed by atoms with E-state index in [1.165, 1.54) is 31.2 Å². The first-order valence-corrected chi connectivity index (χ1v) is 8.66. The molecule has 3 rings (SSSR count). The molecule has 116 valence electrons. The van der Waals surface area contributed by atoms with Gasteiger partial charge in [0.25, 0.3) is 0 Å². The van der Waals surface area contributed by atoms with Crippen LogP contribution in [0.1, 0.15) is 64.5 Å². The maximum Gasteiger partial charge on any atom is 0.124 e. The zero-order valence-electron chi connectivity index (χ0n) is 13.7. The van der Waals surface area contributed by atoms with Gasteiger partial charge in [-0.05, 0) is 50.1 Å². The number of rotatable bonds is 3. The Labute approximate surface area is 129 Å². The standard InChI is InChI=1S/C19H29NO/c1-4-11-20-17-13-19(10-9-14(2)12-15(19)3)21-18-8-6-5-7-16(17)18/h5-8,14-15,17,20H,4,9-13H2,1-3H3. The van der Waals surface area contributed by atoms with Crippen LogP contribution >= 0.6 is 0 Å². The molecule has 0 bridgehead atoms. The smallest absolute Gasteiger partial charge is 0.124 e. The lowest BCUT2D eigenvalue weighted by Gasteiger charge is -2.49. The SMILES string of the molecule is CCCNC1CC2(CCC(C)CC2C)Oc2ccccc21. The summed E-state index contributed by atoms with van der Waals surface area (Å²) in [6.45, 7) is 8.09. The Morgan fingerprint density at radius 1 is 1.29 bits per heavy atom. The molecule has 2 heteroatoms. The van der Waals surface area contributed by atoms with Crippen LogP contribution in [0, 0.1) is 11.8 Å². The highest BCUT2D eigenvalue weighted by molar-refractivity contribution is 5.39. The second kappa shape index (κ2) is 6.00. The van der Waals surface area contributed by atoms with Crippen LogP contribution in [0.3, 0.4) is 0 Å². The molecular weight excluding hydrogens is 258 g/mol. The number of fused-ring (bicyclic) bond motifs is 1. The van der Waals surface area contributed by atoms with Crippen molar-refractivity contribution >= 4 is 0 Å². The van der Waals surface area contributed by atoms with Crippen molar-refractivity contribution in [1.29, 1.82) is 0 Å². The molecule has 1 aliphatic carbocycles. The second-order valence-electron chi connectivity index (χ2n) is 7.20. The third kappa shape index (κ3) is 2.83. The maximum atomic E-state index is 6.59. The summed E-state index contributed by atoms with van der Waals surface area (Å²) in [5, 5.41) is 3.75. The molecule has 2 nitrogen and oxygen atoms in total. The van der Waals surface area contributed by atoms with E-state index in [4.69, 9.17) is 4.74 Å². The molecule has 1 fully saturated rings. The predicted octanol–water partition coefficient (Wildman–Crippen LogP) is 4.70. The number of hydrogen-bond acceptors (Lipinski definition) is 2. The number of benzene rings is 1. The zero-order chi connectivity index (χ0) is 14.9. The molecule has 2 aliphatic rings. The van der Waals surface area contributed by atoms with E-state index in [0.717, 1.165) is 24.6 Å². The van der Waals surface area contributed by atoms with Crippen molar-refractivity contribution in [3.8, 4) is 5.75 Å². The third-order valence-electron chi connectivity index (χ3n) is 5.51. The van der Waals surface area contributed by atoms with Crippen LogP contribution in [0.4, 0.5) is 0 Å². The van der Waals surface area contributed by atoms with Gasteiger partial charge in [-0.3, -0.25) is 0 Å². The van der Waals surface area contributed by atoms with E-state index in [1.54, 1.807) is 0 Å². The van der Waals surface area contributed by atoms with Gasteiger partial charge in [-0.1, -0.05) is 39.0 Å². The van der Waals surface area contributed by atoms with E-state index >= 15 is 0 Å². The number of para-hydroxylation sites is 1. The third-order valence-corrected chi connectivity index (χ3v) is 5.51. The molecule has 21 heavy (non-hydrogen) atoms. The van der Waals surface area contributed by atoms with Crippen LogP contribution in [0.25, 0.3) is 0 Å². The van der Waals surface area contributed by atoms with Crippen LogP contribution in [-0.4, -0.2) is 12.1 Å². The summed E-state index contributed by atoms with van der Waals surface area (Å²) in [5.74, 6) is 2.59. The Morgan fingerprint density at radius 3 is 2.86 bits per heavy atom. The summed E-state index contributed by atoms with van der Waals surface area (Å²) in [6.07, 6.45) is 6.10. The summed E-state index contributed by atoms with van der Waals surface area (Å²) < 4.78 is 6.59. The average Bonchev–Trinajstić information content (AvgIpc) is 2.49. The Bertz CT molecular complexity index is 486. The number of hydrogen-bond donors (Lipinski definition) is 1. The second-order valence-corrected chi connectivity index (χ2v) is 7.20. The molecule has 0 aromatic heterocycles. The lowest BCUT2D eigenvalue weighted by Crippen LogP contribution is -2.51. The monoisotopic (exact) mass is 287 g/mol. The van der Waals surface area contributed by atoms with E-state index in [1.807, 2.05) is 0 Å². The van der Waals surface area contributed by atoms with Crippen molar-refractivity contribution in [2.45, 2.75) is 64.5 Å². The van der Waals surface area contributed by atoms with E-state index < -0.39 is 0 Å². The summed E-state index contributed by atoms with van der Waals surface area (Å²) in [6, 6.07) is 9.07. The molecule has 1 aromatic carbocycles. The van der Waals surface area contributed by atoms with Crippen LogP contribution < -0.4 is 10.1 Å². The molecule has 4 atom stereocenters. The van der Waals surface area contributed by atoms with Gasteiger partial charge in [0.1, 0.15) is 11.4 Å². The molecule has 1 saturated carbocycles. The first kappa shape index (κ1) is 14.9. The van der Waals surface area contributed by atoms with E-state index in [9.17, 15) is 0 Å². The quantitative estimate of drug-likeness (QED) is 0.869. The zero-order valence-corrected chi connectivity index (χ0v) is 13.7. The summed E-state index contributed by atoms with van der Waals surface area (Å²) >= 11 is 0. The van der Waals surface area contributed by atoms with Crippen LogP contribution in [0.5, 0.6) is 5.75 Å². The number of ether oxygens (including phenoxy) is 1. The average molecular weight is 287 g/mol. The molecule has 1 aliphatic heterocycles. The molecular formula is C19H29NO. The lowest BCUT2D eigenvalue weighted by molar-refractivity contribution is -0.0552. The van der Waals surface area contributed by atoms with Gasteiger partial charge in [-0.15, -0.1) is 0 Å². The van der Waals surface area contributed by atoms with Crippen LogP contribution in [-0.2, 0) is 0 Å². The molecule has 0 amide bonds. The van der Waals surface area contributed by atoms with Gasteiger partial charge in [0, 0.05) is 18.0 Å². The van der Waals surface area contributed by atoms with E-state index in [0.29, 0.717) is 12.0 Å². The Morgan fingerprint density at radius 2 is 2.10 bits per heavy atom. The van der Waals surface area contributed by atoms with Gasteiger partial charge in [0.05, 0.1) is 0 Å². The van der Waals surface area contributed by atoms with Crippen molar-refractivity contribution in [2.75, 3.05) is 6.54 Å². The van der Waals surface area contributed by atoms with E-state index in [-0.39, 0.29) is 5.60 Å². The summed E-state index contributed by atoms with van der Waals surface area (Å²) in [5.41, 5.74) is 1.40. The number of nitrogens with one attached hydrogen (secondary N) is 1. The van der Waals surface area contributed by atoms with Crippen molar-refractivity contribution in [2.24, 2.45) is 11.8 Å². The maximum absolute atomic E-state index is 6.59. The lowest BCUT2D eigenvalue weighted by atomic mass is 9.68. The molecule has 1 heterocycles. The topological polar surface area (TPSA) is 21.3 Å². The summed E-state index contributed by atoms with van der Waals surface area (Å²) in [4.78, 5) is 0. The minimum Gasteiger partial charge on any atom is -0.487 e. The highest BCUT2D eigenvalue weighted by atomic mass is 16.5. The van der Waals surface area contributed by atoms with Crippen molar-refractivity contribution in [1.82, 2.24) is 5.32 Å². The molecule has 1 spiro atoms. The van der Waals surface area contributed by atoms with Crippen LogP contribution in [0.15, 0.2) is 24.3 Å². The summed E-state index contributed by atoms with van der Waals surface area (Å²) in [7, 11) is 0. The van der Waals surface area contributed by atoms with Gasteiger partial charge in [-0.2, -0.15) is 0 Å². The van der Waals surface area contributed by atoms with Gasteiger partial charge in [-0.25, -0.2) is 0 Å². The van der Waals surface area contributed by atoms with Crippen molar-refractivity contribution in [3.05, 3.63) is 29.8 Å².